The number of rotatable bonds is 8. The summed E-state index contributed by atoms with van der Waals surface area (Å²) in [6, 6.07) is 23.6. The normalized spacial score (nSPS) is 12.0. The van der Waals surface area contributed by atoms with Crippen LogP contribution in [0.1, 0.15) is 11.1 Å². The molecular formula is C25H22O5. The van der Waals surface area contributed by atoms with E-state index in [0.29, 0.717) is 13.0 Å². The van der Waals surface area contributed by atoms with Gasteiger partial charge in [-0.2, -0.15) is 0 Å². The van der Waals surface area contributed by atoms with Crippen molar-refractivity contribution >= 4 is 16.9 Å². The van der Waals surface area contributed by atoms with Gasteiger partial charge < -0.3 is 19.0 Å². The van der Waals surface area contributed by atoms with E-state index in [4.69, 9.17) is 19.0 Å². The van der Waals surface area contributed by atoms with Crippen molar-refractivity contribution in [1.82, 2.24) is 0 Å². The number of hydrogen-bond donors (Lipinski definition) is 1. The van der Waals surface area contributed by atoms with E-state index < -0.39 is 12.1 Å². The molecule has 0 aliphatic carbocycles. The number of benzene rings is 3. The van der Waals surface area contributed by atoms with Crippen molar-refractivity contribution in [3.8, 4) is 16.9 Å². The zero-order valence-corrected chi connectivity index (χ0v) is 16.6. The average molecular weight is 402 g/mol. The van der Waals surface area contributed by atoms with Gasteiger partial charge in [0.2, 0.25) is 0 Å². The van der Waals surface area contributed by atoms with Crippen LogP contribution in [0.2, 0.25) is 0 Å². The lowest BCUT2D eigenvalue weighted by molar-refractivity contribution is -0.148. The Morgan fingerprint density at radius 2 is 1.73 bits per heavy atom. The van der Waals surface area contributed by atoms with Crippen LogP contribution in [0.15, 0.2) is 83.5 Å². The zero-order valence-electron chi connectivity index (χ0n) is 16.6. The summed E-state index contributed by atoms with van der Waals surface area (Å²) in [7, 11) is 1.40. The van der Waals surface area contributed by atoms with Crippen LogP contribution in [0.25, 0.3) is 22.1 Å². The number of aliphatic carboxylic acids is 1. The maximum atomic E-state index is 11.1. The Hall–Kier alpha value is -3.57. The second-order valence-electron chi connectivity index (χ2n) is 7.05. The summed E-state index contributed by atoms with van der Waals surface area (Å²) < 4.78 is 16.6. The van der Waals surface area contributed by atoms with Crippen LogP contribution in [0.5, 0.6) is 5.75 Å². The number of hydrogen-bond acceptors (Lipinski definition) is 4. The molecule has 30 heavy (non-hydrogen) atoms. The molecule has 0 radical (unpaired) electrons. The van der Waals surface area contributed by atoms with Gasteiger partial charge in [-0.15, -0.1) is 0 Å². The molecule has 5 heteroatoms. The van der Waals surface area contributed by atoms with Crippen molar-refractivity contribution in [1.29, 1.82) is 0 Å². The van der Waals surface area contributed by atoms with Crippen molar-refractivity contribution in [3.63, 3.8) is 0 Å². The third kappa shape index (κ3) is 4.36. The Morgan fingerprint density at radius 1 is 1.00 bits per heavy atom. The molecule has 5 nitrogen and oxygen atoms in total. The van der Waals surface area contributed by atoms with E-state index in [0.717, 1.165) is 39.0 Å². The van der Waals surface area contributed by atoms with E-state index in [2.05, 4.69) is 12.1 Å². The molecule has 1 aromatic heterocycles. The van der Waals surface area contributed by atoms with Gasteiger partial charge in [0.05, 0.1) is 6.26 Å². The van der Waals surface area contributed by atoms with Gasteiger partial charge in [0.25, 0.3) is 0 Å². The third-order valence-corrected chi connectivity index (χ3v) is 5.04. The number of ether oxygens (including phenoxy) is 2. The molecule has 0 spiro atoms. The number of fused-ring (bicyclic) bond motifs is 1. The van der Waals surface area contributed by atoms with E-state index in [1.807, 2.05) is 60.7 Å². The van der Waals surface area contributed by atoms with E-state index in [9.17, 15) is 4.79 Å². The highest BCUT2D eigenvalue weighted by atomic mass is 16.5. The molecule has 0 aliphatic heterocycles. The molecule has 0 bridgehead atoms. The second-order valence-corrected chi connectivity index (χ2v) is 7.05. The quantitative estimate of drug-likeness (QED) is 0.432. The van der Waals surface area contributed by atoms with Crippen LogP contribution < -0.4 is 4.74 Å². The molecule has 0 aliphatic rings. The average Bonchev–Trinajstić information content (AvgIpc) is 3.20. The lowest BCUT2D eigenvalue weighted by atomic mass is 10.0. The van der Waals surface area contributed by atoms with Gasteiger partial charge in [-0.1, -0.05) is 54.6 Å². The molecule has 1 atom stereocenters. The van der Waals surface area contributed by atoms with E-state index in [1.54, 1.807) is 6.26 Å². The van der Waals surface area contributed by atoms with Crippen LogP contribution >= 0.6 is 0 Å². The van der Waals surface area contributed by atoms with E-state index >= 15 is 0 Å². The summed E-state index contributed by atoms with van der Waals surface area (Å²) in [5.74, 6) is -0.237. The summed E-state index contributed by atoms with van der Waals surface area (Å²) in [5.41, 5.74) is 4.85. The Bertz CT molecular complexity index is 1130. The summed E-state index contributed by atoms with van der Waals surface area (Å²) in [4.78, 5) is 11.1. The Balaban J connectivity index is 1.42. The highest BCUT2D eigenvalue weighted by Crippen LogP contribution is 2.32. The number of methoxy groups -OCH3 is 1. The zero-order chi connectivity index (χ0) is 20.9. The third-order valence-electron chi connectivity index (χ3n) is 5.04. The first-order chi connectivity index (χ1) is 14.6. The maximum absolute atomic E-state index is 11.1. The lowest BCUT2D eigenvalue weighted by Gasteiger charge is -2.11. The van der Waals surface area contributed by atoms with Crippen LogP contribution in [-0.2, 0) is 22.6 Å². The lowest BCUT2D eigenvalue weighted by Crippen LogP contribution is -2.24. The number of carboxylic acids is 1. The minimum absolute atomic E-state index is 0.325. The van der Waals surface area contributed by atoms with Gasteiger partial charge in [-0.05, 0) is 28.8 Å². The molecule has 3 aromatic carbocycles. The highest BCUT2D eigenvalue weighted by molar-refractivity contribution is 5.94. The molecule has 4 rings (SSSR count). The molecule has 0 saturated heterocycles. The van der Waals surface area contributed by atoms with Gasteiger partial charge in [0.1, 0.15) is 17.9 Å². The molecule has 1 heterocycles. The largest absolute Gasteiger partial charge is 0.489 e. The van der Waals surface area contributed by atoms with Gasteiger partial charge in [0.15, 0.2) is 6.10 Å². The Morgan fingerprint density at radius 3 is 2.43 bits per heavy atom. The first-order valence-corrected chi connectivity index (χ1v) is 9.67. The van der Waals surface area contributed by atoms with E-state index in [-0.39, 0.29) is 0 Å². The minimum atomic E-state index is -0.964. The van der Waals surface area contributed by atoms with Crippen LogP contribution in [0, 0.1) is 0 Å². The van der Waals surface area contributed by atoms with Crippen LogP contribution in [0.4, 0.5) is 0 Å². The van der Waals surface area contributed by atoms with Gasteiger partial charge in [-0.3, -0.25) is 0 Å². The number of furan rings is 1. The fraction of sp³-hybridized carbons (Fsp3) is 0.160. The Kier molecular flexibility index (Phi) is 5.82. The predicted octanol–water partition coefficient (Wildman–Crippen LogP) is 5.32. The van der Waals surface area contributed by atoms with Crippen molar-refractivity contribution in [3.05, 3.63) is 90.2 Å². The van der Waals surface area contributed by atoms with Crippen molar-refractivity contribution in [2.75, 3.05) is 7.11 Å². The highest BCUT2D eigenvalue weighted by Gasteiger charge is 2.16. The molecule has 4 aromatic rings. The van der Waals surface area contributed by atoms with Gasteiger partial charge >= 0.3 is 5.97 Å². The summed E-state index contributed by atoms with van der Waals surface area (Å²) in [6.07, 6.45) is 1.26. The smallest absolute Gasteiger partial charge is 0.333 e. The number of carbonyl (C=O) groups is 1. The maximum Gasteiger partial charge on any atom is 0.333 e. The predicted molar refractivity (Wildman–Crippen MR) is 115 cm³/mol. The van der Waals surface area contributed by atoms with Gasteiger partial charge in [-0.25, -0.2) is 4.79 Å². The topological polar surface area (TPSA) is 68.9 Å². The minimum Gasteiger partial charge on any atom is -0.489 e. The van der Waals surface area contributed by atoms with Crippen LogP contribution in [-0.4, -0.2) is 24.3 Å². The molecule has 0 amide bonds. The SMILES string of the molecule is CO[C@@H](Cc1ccc(COc2ccc3c(-c4ccccc4)coc3c2)cc1)C(=O)O. The van der Waals surface area contributed by atoms with E-state index in [1.165, 1.54) is 7.11 Å². The van der Waals surface area contributed by atoms with Crippen molar-refractivity contribution in [2.45, 2.75) is 19.1 Å². The van der Waals surface area contributed by atoms with Crippen LogP contribution in [0.3, 0.4) is 0 Å². The molecule has 0 saturated carbocycles. The second kappa shape index (κ2) is 8.84. The van der Waals surface area contributed by atoms with Crippen molar-refractivity contribution < 1.29 is 23.8 Å². The first-order valence-electron chi connectivity index (χ1n) is 9.67. The monoisotopic (exact) mass is 402 g/mol. The Labute approximate surface area is 174 Å². The summed E-state index contributed by atoms with van der Waals surface area (Å²) in [5, 5.41) is 10.1. The fourth-order valence-corrected chi connectivity index (χ4v) is 3.36. The van der Waals surface area contributed by atoms with Crippen molar-refractivity contribution in [2.24, 2.45) is 0 Å². The molecule has 0 fully saturated rings. The first kappa shape index (κ1) is 19.7. The summed E-state index contributed by atoms with van der Waals surface area (Å²) in [6.45, 7) is 0.407. The molecular weight excluding hydrogens is 380 g/mol. The fourth-order valence-electron chi connectivity index (χ4n) is 3.36. The molecule has 1 N–H and O–H groups in total. The molecule has 0 unspecified atom stereocenters. The summed E-state index contributed by atoms with van der Waals surface area (Å²) >= 11 is 0. The number of carboxylic acid groups (broad SMARTS) is 1. The van der Waals surface area contributed by atoms with Gasteiger partial charge in [0, 0.05) is 30.5 Å². The molecule has 152 valence electrons. The standard InChI is InChI=1S/C25H22O5/c1-28-24(25(26)27)13-17-7-9-18(10-8-17)15-29-20-11-12-21-22(16-30-23(21)14-20)19-5-3-2-4-6-19/h2-12,14,16,24H,13,15H2,1H3,(H,26,27)/t24-/m0/s1.